The summed E-state index contributed by atoms with van der Waals surface area (Å²) in [5.41, 5.74) is 0. The molecular weight excluding hydrogens is 194 g/mol. The summed E-state index contributed by atoms with van der Waals surface area (Å²) >= 11 is -2.23. The lowest BCUT2D eigenvalue weighted by atomic mass is 10.8. The summed E-state index contributed by atoms with van der Waals surface area (Å²) in [6, 6.07) is 0. The van der Waals surface area contributed by atoms with E-state index in [0.29, 0.717) is 0 Å². The third kappa shape index (κ3) is 9.98. The number of hydrogen-bond donors (Lipinski definition) is 2. The van der Waals surface area contributed by atoms with Crippen LogP contribution in [0.4, 0.5) is 0 Å². The van der Waals surface area contributed by atoms with Crippen molar-refractivity contribution in [2.45, 2.75) is 0 Å². The van der Waals surface area contributed by atoms with Gasteiger partial charge in [0, 0.05) is 6.54 Å². The second-order valence-corrected chi connectivity index (χ2v) is 4.20. The molecule has 0 radical (unpaired) electrons. The zero-order chi connectivity index (χ0) is 8.91. The van der Waals surface area contributed by atoms with Crippen LogP contribution in [0.1, 0.15) is 0 Å². The van der Waals surface area contributed by atoms with Gasteiger partial charge in [-0.05, 0) is 11.1 Å². The summed E-state index contributed by atoms with van der Waals surface area (Å²) in [5.74, 6) is -0.792. The number of rotatable bonds is 5. The molecule has 0 spiro atoms. The van der Waals surface area contributed by atoms with Gasteiger partial charge in [-0.25, -0.2) is 0 Å². The van der Waals surface area contributed by atoms with E-state index in [9.17, 15) is 17.2 Å². The Morgan fingerprint density at radius 3 is 2.45 bits per heavy atom. The highest BCUT2D eigenvalue weighted by atomic mass is 32.2. The van der Waals surface area contributed by atoms with Crippen LogP contribution in [0, 0.1) is 0 Å². The zero-order valence-corrected chi connectivity index (χ0v) is 7.15. The van der Waals surface area contributed by atoms with E-state index < -0.39 is 27.0 Å². The lowest BCUT2D eigenvalue weighted by Gasteiger charge is -2.04. The molecule has 0 rings (SSSR count). The third-order valence-electron chi connectivity index (χ3n) is 0.757. The topological polar surface area (TPSA) is 107 Å². The Kier molecular flexibility index (Phi) is 4.77. The molecule has 6 nitrogen and oxygen atoms in total. The molecule has 68 valence electrons. The fraction of sp³-hybridized carbons (Fsp3) is 1.00. The second kappa shape index (κ2) is 4.78. The van der Waals surface area contributed by atoms with Gasteiger partial charge in [-0.15, -0.1) is 0 Å². The monoisotopic (exact) mass is 202 g/mol. The van der Waals surface area contributed by atoms with Gasteiger partial charge in [-0.2, -0.15) is 8.42 Å². The van der Waals surface area contributed by atoms with Gasteiger partial charge in [-0.1, -0.05) is 0 Å². The lowest BCUT2D eigenvalue weighted by molar-refractivity contribution is 0.480. The minimum absolute atomic E-state index is 0.0766. The van der Waals surface area contributed by atoms with Gasteiger partial charge in [-0.3, -0.25) is 8.76 Å². The average Bonchev–Trinajstić information content (AvgIpc) is 1.78. The smallest absolute Gasteiger partial charge is 0.266 e. The van der Waals surface area contributed by atoms with Gasteiger partial charge >= 0.3 is 0 Å². The quantitative estimate of drug-likeness (QED) is 0.312. The van der Waals surface area contributed by atoms with E-state index in [1.165, 1.54) is 0 Å². The summed E-state index contributed by atoms with van der Waals surface area (Å²) < 4.78 is 47.9. The minimum Gasteiger partial charge on any atom is -0.771 e. The van der Waals surface area contributed by atoms with Crippen molar-refractivity contribution in [1.82, 2.24) is 5.32 Å². The van der Waals surface area contributed by atoms with E-state index in [1.54, 1.807) is 0 Å². The second-order valence-electron chi connectivity index (χ2n) is 1.73. The van der Waals surface area contributed by atoms with Gasteiger partial charge in [0.15, 0.2) is 0 Å². The maximum Gasteiger partial charge on any atom is 0.266 e. The van der Waals surface area contributed by atoms with Crippen molar-refractivity contribution in [1.29, 1.82) is 0 Å². The molecule has 2 N–H and O–H groups in total. The largest absolute Gasteiger partial charge is 0.771 e. The maximum absolute atomic E-state index is 10.0. The van der Waals surface area contributed by atoms with Crippen molar-refractivity contribution in [2.24, 2.45) is 0 Å². The minimum atomic E-state index is -3.99. The first-order valence-corrected chi connectivity index (χ1v) is 5.49. The van der Waals surface area contributed by atoms with E-state index in [0.717, 1.165) is 0 Å². The number of hydrogen-bond acceptors (Lipinski definition) is 5. The van der Waals surface area contributed by atoms with Crippen molar-refractivity contribution in [3.8, 4) is 0 Å². The molecular formula is C3H8NO5S2-. The Balaban J connectivity index is 3.37. The van der Waals surface area contributed by atoms with E-state index in [1.807, 2.05) is 0 Å². The van der Waals surface area contributed by atoms with Gasteiger partial charge in [0.1, 0.15) is 0 Å². The number of nitrogens with one attached hydrogen (secondary N) is 1. The Morgan fingerprint density at radius 2 is 2.09 bits per heavy atom. The van der Waals surface area contributed by atoms with Gasteiger partial charge in [0.05, 0.1) is 11.6 Å². The van der Waals surface area contributed by atoms with Crippen molar-refractivity contribution in [3.63, 3.8) is 0 Å². The molecule has 0 saturated heterocycles. The molecule has 8 heteroatoms. The molecule has 0 amide bonds. The fourth-order valence-electron chi connectivity index (χ4n) is 0.357. The van der Waals surface area contributed by atoms with Gasteiger partial charge in [0.2, 0.25) is 0 Å². The van der Waals surface area contributed by atoms with Gasteiger partial charge in [0.25, 0.3) is 10.1 Å². The molecule has 0 aromatic rings. The predicted molar refractivity (Wildman–Crippen MR) is 38.2 cm³/mol. The van der Waals surface area contributed by atoms with Crippen LogP contribution >= 0.6 is 0 Å². The fourth-order valence-corrected chi connectivity index (χ4v) is 1.07. The highest BCUT2D eigenvalue weighted by Gasteiger charge is 2.01. The van der Waals surface area contributed by atoms with Crippen LogP contribution < -0.4 is 5.32 Å². The molecule has 0 heterocycles. The molecule has 0 aromatic carbocycles. The molecule has 0 aromatic heterocycles. The summed E-state index contributed by atoms with van der Waals surface area (Å²) in [6.07, 6.45) is 0. The van der Waals surface area contributed by atoms with E-state index in [4.69, 9.17) is 4.55 Å². The molecule has 1 atom stereocenters. The van der Waals surface area contributed by atoms with Crippen molar-refractivity contribution in [3.05, 3.63) is 0 Å². The standard InChI is InChI=1S/C3H9NO5S2/c5-10(6)3-4-1-2-11(7,8)9/h4H,1-3H2,(H,5,6)(H,7,8,9)/p-1. The summed E-state index contributed by atoms with van der Waals surface area (Å²) in [6.45, 7) is -0.0766. The zero-order valence-electron chi connectivity index (χ0n) is 5.52. The first-order chi connectivity index (χ1) is 4.92. The molecule has 0 aliphatic carbocycles. The highest BCUT2D eigenvalue weighted by Crippen LogP contribution is 1.78. The molecule has 0 aliphatic rings. The van der Waals surface area contributed by atoms with Gasteiger partial charge < -0.3 is 9.87 Å². The molecule has 0 aliphatic heterocycles. The van der Waals surface area contributed by atoms with Crippen LogP contribution in [-0.2, 0) is 21.2 Å². The average molecular weight is 202 g/mol. The van der Waals surface area contributed by atoms with E-state index in [2.05, 4.69) is 5.32 Å². The first kappa shape index (κ1) is 11.0. The van der Waals surface area contributed by atoms with Crippen LogP contribution in [0.2, 0.25) is 0 Å². The van der Waals surface area contributed by atoms with Crippen LogP contribution in [0.25, 0.3) is 0 Å². The maximum atomic E-state index is 10.0. The van der Waals surface area contributed by atoms with Crippen LogP contribution in [0.15, 0.2) is 0 Å². The van der Waals surface area contributed by atoms with Crippen LogP contribution in [-0.4, -0.2) is 39.9 Å². The summed E-state index contributed by atoms with van der Waals surface area (Å²) in [5, 5.41) is 2.29. The highest BCUT2D eigenvalue weighted by molar-refractivity contribution is 7.85. The van der Waals surface area contributed by atoms with Crippen molar-refractivity contribution < 1.29 is 21.7 Å². The third-order valence-corrected chi connectivity index (χ3v) is 1.92. The lowest BCUT2D eigenvalue weighted by Crippen LogP contribution is -2.25. The van der Waals surface area contributed by atoms with Crippen LogP contribution in [0.3, 0.4) is 0 Å². The Bertz CT molecular complexity index is 222. The SMILES string of the molecule is O=S([O-])CNCCS(=O)(=O)O. The van der Waals surface area contributed by atoms with E-state index in [-0.39, 0.29) is 12.4 Å². The molecule has 0 bridgehead atoms. The Morgan fingerprint density at radius 1 is 1.55 bits per heavy atom. The Labute approximate surface area is 67.0 Å². The molecule has 0 fully saturated rings. The summed E-state index contributed by atoms with van der Waals surface area (Å²) in [4.78, 5) is 0. The molecule has 1 unspecified atom stereocenters. The normalized spacial score (nSPS) is 14.7. The van der Waals surface area contributed by atoms with Crippen molar-refractivity contribution >= 4 is 21.2 Å². The Hall–Kier alpha value is -0.0200. The van der Waals surface area contributed by atoms with Crippen molar-refractivity contribution in [2.75, 3.05) is 18.2 Å². The molecule has 11 heavy (non-hydrogen) atoms. The molecule has 0 saturated carbocycles. The van der Waals surface area contributed by atoms with Crippen LogP contribution in [0.5, 0.6) is 0 Å². The predicted octanol–water partition coefficient (Wildman–Crippen LogP) is -1.70. The summed E-state index contributed by atoms with van der Waals surface area (Å²) in [7, 11) is -3.99. The van der Waals surface area contributed by atoms with E-state index >= 15 is 0 Å². The first-order valence-electron chi connectivity index (χ1n) is 2.63.